The number of piperidine rings is 1. The van der Waals surface area contributed by atoms with Crippen molar-refractivity contribution in [1.82, 2.24) is 4.90 Å². The van der Waals surface area contributed by atoms with E-state index in [-0.39, 0.29) is 18.3 Å². The second kappa shape index (κ2) is 5.99. The van der Waals surface area contributed by atoms with Gasteiger partial charge in [-0.1, -0.05) is 35.9 Å². The van der Waals surface area contributed by atoms with Gasteiger partial charge in [-0.3, -0.25) is 0 Å². The fraction of sp³-hybridized carbons (Fsp3) is 0.333. The minimum Gasteiger partial charge on any atom is -0.457 e. The summed E-state index contributed by atoms with van der Waals surface area (Å²) in [5.74, 6) is 1.50. The predicted octanol–water partition coefficient (Wildman–Crippen LogP) is 4.17. The average molecular weight is 352 g/mol. The van der Waals surface area contributed by atoms with Gasteiger partial charge >= 0.3 is 0 Å². The largest absolute Gasteiger partial charge is 0.457 e. The molecule has 0 unspecified atom stereocenters. The minimum absolute atomic E-state index is 0. The van der Waals surface area contributed by atoms with Crippen LogP contribution in [0.1, 0.15) is 23.5 Å². The van der Waals surface area contributed by atoms with Gasteiger partial charge in [0.15, 0.2) is 0 Å². The lowest BCUT2D eigenvalue weighted by Crippen LogP contribution is -2.49. The van der Waals surface area contributed by atoms with E-state index in [1.54, 1.807) is 6.07 Å². The van der Waals surface area contributed by atoms with Crippen LogP contribution in [0.2, 0.25) is 5.02 Å². The van der Waals surface area contributed by atoms with Crippen molar-refractivity contribution >= 4 is 24.0 Å². The van der Waals surface area contributed by atoms with Gasteiger partial charge in [-0.05, 0) is 38.2 Å². The van der Waals surface area contributed by atoms with Crippen LogP contribution in [0, 0.1) is 0 Å². The molecular formula is C18H19Cl2NO2. The van der Waals surface area contributed by atoms with Gasteiger partial charge in [-0.2, -0.15) is 0 Å². The fourth-order valence-electron chi connectivity index (χ4n) is 3.79. The molecule has 1 N–H and O–H groups in total. The van der Waals surface area contributed by atoms with Crippen LogP contribution in [0.5, 0.6) is 11.5 Å². The van der Waals surface area contributed by atoms with E-state index in [0.717, 1.165) is 29.8 Å². The number of rotatable bonds is 0. The van der Waals surface area contributed by atoms with Gasteiger partial charge in [-0.25, -0.2) is 0 Å². The second-order valence-electron chi connectivity index (χ2n) is 6.28. The molecule has 3 nitrogen and oxygen atoms in total. The summed E-state index contributed by atoms with van der Waals surface area (Å²) < 4.78 is 6.11. The Balaban J connectivity index is 0.00000156. The number of hydrogen-bond donors (Lipinski definition) is 1. The molecule has 2 aliphatic heterocycles. The van der Waals surface area contributed by atoms with Crippen LogP contribution in [0.3, 0.4) is 0 Å². The SMILES string of the molecule is CN1CC[C@H]2c3ccccc3Oc3cc(Cl)ccc3[C@@]2(O)C1.Cl. The first kappa shape index (κ1) is 16.6. The first-order valence-corrected chi connectivity index (χ1v) is 7.93. The number of hydrogen-bond acceptors (Lipinski definition) is 3. The quantitative estimate of drug-likeness (QED) is 0.772. The molecule has 2 aliphatic rings. The maximum absolute atomic E-state index is 11.6. The van der Waals surface area contributed by atoms with Gasteiger partial charge in [0.2, 0.25) is 0 Å². The Bertz CT molecular complexity index is 737. The zero-order valence-corrected chi connectivity index (χ0v) is 14.4. The van der Waals surface area contributed by atoms with Crippen molar-refractivity contribution in [2.45, 2.75) is 17.9 Å². The summed E-state index contributed by atoms with van der Waals surface area (Å²) in [6, 6.07) is 13.5. The molecule has 23 heavy (non-hydrogen) atoms. The second-order valence-corrected chi connectivity index (χ2v) is 6.72. The van der Waals surface area contributed by atoms with Crippen LogP contribution in [0.4, 0.5) is 0 Å². The molecule has 0 amide bonds. The molecule has 5 heteroatoms. The molecule has 0 spiro atoms. The number of likely N-dealkylation sites (tertiary alicyclic amines) is 1. The Hall–Kier alpha value is -1.26. The highest BCUT2D eigenvalue weighted by Gasteiger charge is 2.47. The van der Waals surface area contributed by atoms with Gasteiger partial charge in [0.1, 0.15) is 17.1 Å². The van der Waals surface area contributed by atoms with Gasteiger partial charge in [0, 0.05) is 28.6 Å². The van der Waals surface area contributed by atoms with Gasteiger partial charge in [-0.15, -0.1) is 12.4 Å². The summed E-state index contributed by atoms with van der Waals surface area (Å²) in [7, 11) is 2.04. The Morgan fingerprint density at radius 1 is 1.22 bits per heavy atom. The first-order valence-electron chi connectivity index (χ1n) is 7.56. The number of nitrogens with zero attached hydrogens (tertiary/aromatic N) is 1. The monoisotopic (exact) mass is 351 g/mol. The van der Waals surface area contributed by atoms with Gasteiger partial charge < -0.3 is 14.7 Å². The van der Waals surface area contributed by atoms with Crippen molar-refractivity contribution < 1.29 is 9.84 Å². The number of ether oxygens (including phenoxy) is 1. The van der Waals surface area contributed by atoms with E-state index in [4.69, 9.17) is 16.3 Å². The van der Waals surface area contributed by atoms with Gasteiger partial charge in [0.25, 0.3) is 0 Å². The van der Waals surface area contributed by atoms with Crippen LogP contribution >= 0.6 is 24.0 Å². The molecule has 2 aromatic carbocycles. The lowest BCUT2D eigenvalue weighted by molar-refractivity contribution is -0.0470. The third-order valence-electron chi connectivity index (χ3n) is 4.81. The third kappa shape index (κ3) is 2.62. The van der Waals surface area contributed by atoms with Crippen LogP contribution < -0.4 is 4.74 Å². The van der Waals surface area contributed by atoms with Crippen LogP contribution in [-0.2, 0) is 5.60 Å². The number of fused-ring (bicyclic) bond motifs is 5. The minimum atomic E-state index is -0.959. The topological polar surface area (TPSA) is 32.7 Å². The molecule has 2 aromatic rings. The molecule has 0 bridgehead atoms. The summed E-state index contributed by atoms with van der Waals surface area (Å²) in [5.41, 5.74) is 0.939. The average Bonchev–Trinajstić information content (AvgIpc) is 2.58. The third-order valence-corrected chi connectivity index (χ3v) is 5.05. The van der Waals surface area contributed by atoms with E-state index in [9.17, 15) is 5.11 Å². The van der Waals surface area contributed by atoms with E-state index in [1.807, 2.05) is 37.4 Å². The Kier molecular flexibility index (Phi) is 4.32. The zero-order valence-electron chi connectivity index (χ0n) is 12.8. The van der Waals surface area contributed by atoms with Crippen molar-refractivity contribution in [1.29, 1.82) is 0 Å². The first-order chi connectivity index (χ1) is 10.6. The lowest BCUT2D eigenvalue weighted by Gasteiger charge is -2.43. The van der Waals surface area contributed by atoms with Gasteiger partial charge in [0.05, 0.1) is 0 Å². The van der Waals surface area contributed by atoms with Crippen LogP contribution in [-0.4, -0.2) is 30.1 Å². The molecule has 2 atom stereocenters. The van der Waals surface area contributed by atoms with E-state index in [1.165, 1.54) is 0 Å². The lowest BCUT2D eigenvalue weighted by atomic mass is 9.73. The highest BCUT2D eigenvalue weighted by molar-refractivity contribution is 6.30. The zero-order chi connectivity index (χ0) is 15.3. The molecule has 2 heterocycles. The van der Waals surface area contributed by atoms with Crippen molar-refractivity contribution in [2.75, 3.05) is 20.1 Å². The smallest absolute Gasteiger partial charge is 0.135 e. The standard InChI is InChI=1S/C18H18ClNO2.ClH/c1-20-9-8-14-13-4-2-3-5-16(13)22-17-10-12(19)6-7-15(17)18(14,21)11-20;/h2-7,10,14,21H,8-9,11H2,1H3;1H/t14-,18+;/m0./s1. The van der Waals surface area contributed by atoms with Crippen LogP contribution in [0.25, 0.3) is 0 Å². The molecule has 0 radical (unpaired) electrons. The summed E-state index contributed by atoms with van der Waals surface area (Å²) >= 11 is 6.13. The predicted molar refractivity (Wildman–Crippen MR) is 94.0 cm³/mol. The molecule has 1 fully saturated rings. The van der Waals surface area contributed by atoms with Crippen LogP contribution in [0.15, 0.2) is 42.5 Å². The molecule has 4 rings (SSSR count). The fourth-order valence-corrected chi connectivity index (χ4v) is 3.95. The highest BCUT2D eigenvalue weighted by atomic mass is 35.5. The molecular weight excluding hydrogens is 333 g/mol. The molecule has 0 aromatic heterocycles. The Labute approximate surface area is 147 Å². The Morgan fingerprint density at radius 2 is 2.00 bits per heavy atom. The van der Waals surface area contributed by atoms with Crippen molar-refractivity contribution in [3.63, 3.8) is 0 Å². The molecule has 0 aliphatic carbocycles. The van der Waals surface area contributed by atoms with E-state index in [2.05, 4.69) is 11.0 Å². The number of para-hydroxylation sites is 1. The maximum atomic E-state index is 11.6. The van der Waals surface area contributed by atoms with E-state index < -0.39 is 5.60 Å². The summed E-state index contributed by atoms with van der Waals surface area (Å²) in [6.07, 6.45) is 0.898. The summed E-state index contributed by atoms with van der Waals surface area (Å²) in [6.45, 7) is 1.55. The number of likely N-dealkylation sites (N-methyl/N-ethyl adjacent to an activating group) is 1. The van der Waals surface area contributed by atoms with E-state index in [0.29, 0.717) is 17.3 Å². The number of benzene rings is 2. The van der Waals surface area contributed by atoms with Crippen molar-refractivity contribution in [3.8, 4) is 11.5 Å². The van der Waals surface area contributed by atoms with E-state index >= 15 is 0 Å². The summed E-state index contributed by atoms with van der Waals surface area (Å²) in [5, 5.41) is 12.2. The maximum Gasteiger partial charge on any atom is 0.135 e. The molecule has 0 saturated carbocycles. The van der Waals surface area contributed by atoms with Crippen molar-refractivity contribution in [2.24, 2.45) is 0 Å². The Morgan fingerprint density at radius 3 is 2.83 bits per heavy atom. The normalized spacial score (nSPS) is 26.0. The molecule has 1 saturated heterocycles. The number of halogens is 2. The highest BCUT2D eigenvalue weighted by Crippen LogP contribution is 2.52. The number of aliphatic hydroxyl groups is 1. The van der Waals surface area contributed by atoms with Crippen molar-refractivity contribution in [3.05, 3.63) is 58.6 Å². The number of β-amino-alcohol motifs (C(OH)–C–C–N with tert-alkyl or cyclic N) is 1. The summed E-state index contributed by atoms with van der Waals surface area (Å²) in [4.78, 5) is 2.17. The molecule has 122 valence electrons.